The summed E-state index contributed by atoms with van der Waals surface area (Å²) in [5.74, 6) is -0.736. The molecule has 6 heterocycles. The first-order valence-electron chi connectivity index (χ1n) is 19.4. The lowest BCUT2D eigenvalue weighted by Crippen LogP contribution is -2.49. The van der Waals surface area contributed by atoms with Crippen molar-refractivity contribution in [3.63, 3.8) is 0 Å². The summed E-state index contributed by atoms with van der Waals surface area (Å²) in [5, 5.41) is 12.6. The van der Waals surface area contributed by atoms with Crippen LogP contribution in [0.25, 0.3) is 22.3 Å². The summed E-state index contributed by atoms with van der Waals surface area (Å²) < 4.78 is 72.0. The number of amides is 1. The third kappa shape index (κ3) is 8.76. The molecule has 0 bridgehead atoms. The summed E-state index contributed by atoms with van der Waals surface area (Å²) in [6.45, 7) is 15.1. The molecule has 1 amide bonds. The molecule has 2 aliphatic heterocycles. The van der Waals surface area contributed by atoms with Crippen molar-refractivity contribution in [3.8, 4) is 0 Å². The fourth-order valence-corrected chi connectivity index (χ4v) is 10.5. The van der Waals surface area contributed by atoms with Crippen molar-refractivity contribution < 1.29 is 46.2 Å². The molecule has 2 aliphatic rings. The largest absolute Gasteiger partial charge is 0.695 e. The Hall–Kier alpha value is -4.22. The van der Waals surface area contributed by atoms with Crippen LogP contribution in [0.1, 0.15) is 68.4 Å². The van der Waals surface area contributed by atoms with E-state index in [0.717, 1.165) is 0 Å². The Balaban J connectivity index is 1.18. The lowest BCUT2D eigenvalue weighted by Gasteiger charge is -2.40. The first-order valence-corrected chi connectivity index (χ1v) is 25.1. The van der Waals surface area contributed by atoms with Gasteiger partial charge in [0, 0.05) is 16.0 Å². The van der Waals surface area contributed by atoms with Gasteiger partial charge in [-0.15, -0.1) is 9.42 Å². The Labute approximate surface area is 348 Å². The van der Waals surface area contributed by atoms with E-state index in [4.69, 9.17) is 18.4 Å². The van der Waals surface area contributed by atoms with E-state index >= 15 is 0 Å². The van der Waals surface area contributed by atoms with Crippen molar-refractivity contribution in [1.82, 2.24) is 43.8 Å². The predicted molar refractivity (Wildman–Crippen MR) is 221 cm³/mol. The minimum atomic E-state index is -4.15. The van der Waals surface area contributed by atoms with E-state index in [2.05, 4.69) is 39.9 Å². The molecule has 4 N–H and O–H groups in total. The fourth-order valence-electron chi connectivity index (χ4n) is 7.35. The third-order valence-corrected chi connectivity index (χ3v) is 17.9. The molecule has 4 aromatic heterocycles. The molecular formula is C37H50N10O10PSSi+. The number of aryl methyl sites for hydroxylation is 2. The molecule has 0 aliphatic carbocycles. The minimum Gasteiger partial charge on any atom is -0.406 e. The Morgan fingerprint density at radius 1 is 0.950 bits per heavy atom. The topological polar surface area (TPSA) is 257 Å². The number of carbonyl (C=O) groups excluding carboxylic acids is 1. The average molecular weight is 886 g/mol. The highest BCUT2D eigenvalue weighted by atomic mass is 32.2. The van der Waals surface area contributed by atoms with E-state index in [1.54, 1.807) is 60.2 Å². The van der Waals surface area contributed by atoms with Gasteiger partial charge in [0.15, 0.2) is 49.5 Å². The van der Waals surface area contributed by atoms with Crippen molar-refractivity contribution in [2.45, 2.75) is 109 Å². The summed E-state index contributed by atoms with van der Waals surface area (Å²) in [6.07, 6.45) is -1.98. The third-order valence-electron chi connectivity index (χ3n) is 11.6. The van der Waals surface area contributed by atoms with Gasteiger partial charge in [0.05, 0.1) is 49.0 Å². The lowest BCUT2D eigenvalue weighted by atomic mass is 9.99. The smallest absolute Gasteiger partial charge is 0.406 e. The van der Waals surface area contributed by atoms with Crippen LogP contribution in [-0.4, -0.2) is 114 Å². The van der Waals surface area contributed by atoms with Gasteiger partial charge in [-0.2, -0.15) is 0 Å². The Morgan fingerprint density at radius 2 is 1.62 bits per heavy atom. The van der Waals surface area contributed by atoms with Crippen LogP contribution in [0, 0.1) is 19.8 Å². The summed E-state index contributed by atoms with van der Waals surface area (Å²) in [4.78, 5) is 49.9. The minimum absolute atomic E-state index is 0.140. The Bertz CT molecular complexity index is 2500. The monoisotopic (exact) mass is 885 g/mol. The molecule has 9 atom stereocenters. The molecule has 20 nitrogen and oxygen atoms in total. The predicted octanol–water partition coefficient (Wildman–Crippen LogP) is 4.06. The van der Waals surface area contributed by atoms with Crippen molar-refractivity contribution >= 4 is 60.6 Å². The van der Waals surface area contributed by atoms with Gasteiger partial charge in [0.25, 0.3) is 5.91 Å². The molecule has 60 heavy (non-hydrogen) atoms. The maximum absolute atomic E-state index is 14.1. The van der Waals surface area contributed by atoms with Gasteiger partial charge in [-0.3, -0.25) is 13.9 Å². The summed E-state index contributed by atoms with van der Waals surface area (Å²) in [5.41, 5.74) is 2.54. The van der Waals surface area contributed by atoms with E-state index in [9.17, 15) is 27.8 Å². The van der Waals surface area contributed by atoms with Crippen molar-refractivity contribution in [2.75, 3.05) is 17.7 Å². The molecule has 2 saturated heterocycles. The second-order valence-electron chi connectivity index (χ2n) is 16.6. The average Bonchev–Trinajstić information content (AvgIpc) is 3.95. The van der Waals surface area contributed by atoms with Crippen molar-refractivity contribution in [2.24, 2.45) is 5.92 Å². The second-order valence-corrected chi connectivity index (χ2v) is 23.9. The molecule has 0 saturated carbocycles. The summed E-state index contributed by atoms with van der Waals surface area (Å²) >= 11 is 0. The number of aromatic nitrogens is 8. The highest BCUT2D eigenvalue weighted by Gasteiger charge is 2.55. The van der Waals surface area contributed by atoms with Crippen LogP contribution in [0.3, 0.4) is 0 Å². The number of hydrogen-bond donors (Lipinski definition) is 4. The van der Waals surface area contributed by atoms with Crippen LogP contribution in [0.2, 0.25) is 18.1 Å². The van der Waals surface area contributed by atoms with E-state index in [1.807, 2.05) is 33.9 Å². The fraction of sp³-hybridized carbons (Fsp3) is 0.541. The number of benzene rings is 1. The van der Waals surface area contributed by atoms with Crippen LogP contribution in [0.15, 0.2) is 49.3 Å². The standard InChI is InChI=1S/C37H49N10O10PSSi/c1-20-25(16-48)55-35(47-18-40-27-21(2)42-22(3)43-33(27)47)26(20)45-59(52,53)15-14-24-29(56-58(50)51)30(57-60(7,8)37(4,5)6)36(54-24)46-19-41-28-31(38-17-39-32(28)46)44-34(49)23-12-10-9-11-13-23/h9-13,17-20,24-26,29-30,35-36,45,48H,14-16H2,1-8H3,(H-,38,39,44,49,50,51)/p+1/t20?,24-,25-,26+,29?,30+,35-,36-/m1/s1. The number of carbonyl (C=O) groups is 1. The molecule has 5 aromatic rings. The number of hydrogen-bond acceptors (Lipinski definition) is 15. The molecule has 0 radical (unpaired) electrons. The number of rotatable bonds is 14. The van der Waals surface area contributed by atoms with E-state index in [0.29, 0.717) is 28.2 Å². The van der Waals surface area contributed by atoms with Gasteiger partial charge < -0.3 is 24.3 Å². The van der Waals surface area contributed by atoms with Crippen LogP contribution in [0.5, 0.6) is 0 Å². The number of nitrogens with one attached hydrogen (secondary N) is 2. The molecule has 322 valence electrons. The van der Waals surface area contributed by atoms with Gasteiger partial charge in [-0.25, -0.2) is 43.0 Å². The number of anilines is 1. The number of imidazole rings is 2. The van der Waals surface area contributed by atoms with Gasteiger partial charge in [0.2, 0.25) is 10.0 Å². The van der Waals surface area contributed by atoms with Gasteiger partial charge in [-0.05, 0) is 50.5 Å². The molecular weight excluding hydrogens is 836 g/mol. The normalized spacial score (nSPS) is 25.3. The molecule has 1 aromatic carbocycles. The second kappa shape index (κ2) is 16.9. The maximum atomic E-state index is 14.1. The lowest BCUT2D eigenvalue weighted by molar-refractivity contribution is -0.0323. The number of nitrogens with zero attached hydrogens (tertiary/aromatic N) is 8. The Morgan fingerprint density at radius 3 is 2.28 bits per heavy atom. The first-order chi connectivity index (χ1) is 28.3. The summed E-state index contributed by atoms with van der Waals surface area (Å²) in [7, 11) is -10.0. The van der Waals surface area contributed by atoms with E-state index < -0.39 is 87.1 Å². The van der Waals surface area contributed by atoms with Crippen molar-refractivity contribution in [1.29, 1.82) is 0 Å². The number of sulfonamides is 1. The highest BCUT2D eigenvalue weighted by Crippen LogP contribution is 2.46. The number of aliphatic hydroxyl groups excluding tert-OH is 1. The zero-order valence-electron chi connectivity index (χ0n) is 34.5. The van der Waals surface area contributed by atoms with Crippen LogP contribution in [0.4, 0.5) is 5.82 Å². The molecule has 3 unspecified atom stereocenters. The maximum Gasteiger partial charge on any atom is 0.695 e. The SMILES string of the molecule is Cc1nc(C)c2ncn([C@@H]3O[C@H](CO)C(C)[C@@H]3NS(=O)(=O)CC[C@H]3O[C@@H](n4cnc5c(NC(=O)c6ccccc6)ncnc54)[C@@H](O[Si](C)(C)C(C)(C)C)C3O[P+](=O)O)c2n1. The van der Waals surface area contributed by atoms with E-state index in [1.165, 1.54) is 19.0 Å². The van der Waals surface area contributed by atoms with Gasteiger partial charge in [-0.1, -0.05) is 45.9 Å². The zero-order chi connectivity index (χ0) is 43.3. The van der Waals surface area contributed by atoms with Gasteiger partial charge >= 0.3 is 8.25 Å². The van der Waals surface area contributed by atoms with Crippen LogP contribution >= 0.6 is 8.25 Å². The number of ether oxygens (including phenoxy) is 2. The summed E-state index contributed by atoms with van der Waals surface area (Å²) in [6, 6.07) is 7.75. The highest BCUT2D eigenvalue weighted by molar-refractivity contribution is 7.89. The van der Waals surface area contributed by atoms with Crippen LogP contribution < -0.4 is 10.0 Å². The molecule has 7 rings (SSSR count). The number of aliphatic hydroxyl groups is 1. The van der Waals surface area contributed by atoms with E-state index in [-0.39, 0.29) is 35.0 Å². The van der Waals surface area contributed by atoms with Crippen molar-refractivity contribution in [3.05, 3.63) is 66.4 Å². The molecule has 2 fully saturated rings. The van der Waals surface area contributed by atoms with Gasteiger partial charge in [0.1, 0.15) is 23.8 Å². The Kier molecular flexibility index (Phi) is 12.4. The molecule has 23 heteroatoms. The quantitative estimate of drug-likeness (QED) is 0.0906. The first kappa shape index (κ1) is 43.9. The van der Waals surface area contributed by atoms with Crippen LogP contribution in [-0.2, 0) is 33.0 Å². The number of fused-ring (bicyclic) bond motifs is 2. The molecule has 0 spiro atoms. The zero-order valence-corrected chi connectivity index (χ0v) is 37.2.